The molecule has 0 saturated carbocycles. The van der Waals surface area contributed by atoms with Gasteiger partial charge in [0, 0.05) is 25.4 Å². The molecule has 3 heterocycles. The number of rotatable bonds is 4. The quantitative estimate of drug-likeness (QED) is 0.741. The minimum atomic E-state index is -2.58. The first-order chi connectivity index (χ1) is 10.5. The molecule has 0 atom stereocenters. The fourth-order valence-corrected chi connectivity index (χ4v) is 2.61. The number of nitrogens with zero attached hydrogens (tertiary/aromatic N) is 5. The summed E-state index contributed by atoms with van der Waals surface area (Å²) in [5.41, 5.74) is 2.07. The van der Waals surface area contributed by atoms with Gasteiger partial charge in [-0.25, -0.2) is 18.4 Å². The third-order valence-corrected chi connectivity index (χ3v) is 3.55. The van der Waals surface area contributed by atoms with Crippen LogP contribution in [0.5, 0.6) is 0 Å². The van der Waals surface area contributed by atoms with Gasteiger partial charge in [0.25, 0.3) is 6.43 Å². The second-order valence-electron chi connectivity index (χ2n) is 5.28. The van der Waals surface area contributed by atoms with Crippen LogP contribution in [0, 0.1) is 6.92 Å². The summed E-state index contributed by atoms with van der Waals surface area (Å²) in [5.74, 6) is 0. The molecular formula is C15H17F2N5. The van der Waals surface area contributed by atoms with Crippen LogP contribution in [0.3, 0.4) is 0 Å². The maximum absolute atomic E-state index is 13.5. The Morgan fingerprint density at radius 2 is 2.00 bits per heavy atom. The summed E-state index contributed by atoms with van der Waals surface area (Å²) in [4.78, 5) is 4.53. The molecule has 7 heteroatoms. The Hall–Kier alpha value is -2.31. The van der Waals surface area contributed by atoms with Crippen molar-refractivity contribution in [3.63, 3.8) is 0 Å². The van der Waals surface area contributed by atoms with Crippen LogP contribution in [0.25, 0.3) is 22.4 Å². The molecule has 5 nitrogen and oxygen atoms in total. The largest absolute Gasteiger partial charge is 0.275 e. The van der Waals surface area contributed by atoms with Gasteiger partial charge in [-0.05, 0) is 25.5 Å². The first-order valence-electron chi connectivity index (χ1n) is 7.17. The molecule has 3 aromatic heterocycles. The van der Waals surface area contributed by atoms with Crippen molar-refractivity contribution in [1.29, 1.82) is 0 Å². The van der Waals surface area contributed by atoms with Gasteiger partial charge < -0.3 is 0 Å². The second-order valence-corrected chi connectivity index (χ2v) is 5.28. The van der Waals surface area contributed by atoms with E-state index in [9.17, 15) is 8.78 Å². The van der Waals surface area contributed by atoms with Crippen LogP contribution in [0.2, 0.25) is 0 Å². The minimum Gasteiger partial charge on any atom is -0.275 e. The number of aromatic nitrogens is 5. The highest BCUT2D eigenvalue weighted by molar-refractivity contribution is 5.85. The standard InChI is InChI=1S/C15H17F2N5/c1-4-6-22-15-13(9(2)19-22)10(14(16)17)8-12(18-15)11-5-7-21(3)20-11/h5,7-8,14H,4,6H2,1-3H3. The Morgan fingerprint density at radius 3 is 2.59 bits per heavy atom. The van der Waals surface area contributed by atoms with Crippen LogP contribution in [-0.2, 0) is 13.6 Å². The highest BCUT2D eigenvalue weighted by atomic mass is 19.3. The topological polar surface area (TPSA) is 48.5 Å². The van der Waals surface area contributed by atoms with E-state index in [4.69, 9.17) is 0 Å². The van der Waals surface area contributed by atoms with E-state index in [-0.39, 0.29) is 5.56 Å². The van der Waals surface area contributed by atoms with Crippen LogP contribution in [-0.4, -0.2) is 24.5 Å². The van der Waals surface area contributed by atoms with Crippen molar-refractivity contribution in [2.45, 2.75) is 33.2 Å². The van der Waals surface area contributed by atoms with E-state index in [1.54, 1.807) is 35.6 Å². The summed E-state index contributed by atoms with van der Waals surface area (Å²) in [6, 6.07) is 3.18. The van der Waals surface area contributed by atoms with Gasteiger partial charge in [0.15, 0.2) is 5.65 Å². The molecule has 0 aliphatic carbocycles. The maximum Gasteiger partial charge on any atom is 0.264 e. The molecule has 3 aromatic rings. The number of hydrogen-bond acceptors (Lipinski definition) is 3. The monoisotopic (exact) mass is 305 g/mol. The zero-order chi connectivity index (χ0) is 15.9. The minimum absolute atomic E-state index is 0.0366. The Bertz CT molecular complexity index is 819. The fourth-order valence-electron chi connectivity index (χ4n) is 2.61. The fraction of sp³-hybridized carbons (Fsp3) is 0.400. The average molecular weight is 305 g/mol. The number of fused-ring (bicyclic) bond motifs is 1. The van der Waals surface area contributed by atoms with Gasteiger partial charge in [-0.3, -0.25) is 4.68 Å². The van der Waals surface area contributed by atoms with Gasteiger partial charge in [0.05, 0.1) is 16.8 Å². The van der Waals surface area contributed by atoms with Crippen molar-refractivity contribution in [2.75, 3.05) is 0 Å². The van der Waals surface area contributed by atoms with Gasteiger partial charge in [-0.2, -0.15) is 10.2 Å². The van der Waals surface area contributed by atoms with Crippen LogP contribution in [0.15, 0.2) is 18.3 Å². The van der Waals surface area contributed by atoms with E-state index in [0.717, 1.165) is 6.42 Å². The van der Waals surface area contributed by atoms with Crippen molar-refractivity contribution in [3.05, 3.63) is 29.6 Å². The lowest BCUT2D eigenvalue weighted by molar-refractivity contribution is 0.153. The number of aryl methyl sites for hydroxylation is 3. The molecular weight excluding hydrogens is 288 g/mol. The first kappa shape index (κ1) is 14.6. The molecule has 0 aliphatic heterocycles. The zero-order valence-corrected chi connectivity index (χ0v) is 12.7. The van der Waals surface area contributed by atoms with Crippen molar-refractivity contribution in [3.8, 4) is 11.4 Å². The molecule has 0 radical (unpaired) electrons. The second kappa shape index (κ2) is 5.47. The average Bonchev–Trinajstić information content (AvgIpc) is 3.03. The molecule has 0 amide bonds. The van der Waals surface area contributed by atoms with E-state index in [1.807, 2.05) is 6.92 Å². The summed E-state index contributed by atoms with van der Waals surface area (Å²) in [6.07, 6.45) is 0.0408. The summed E-state index contributed by atoms with van der Waals surface area (Å²) in [5, 5.41) is 9.06. The molecule has 22 heavy (non-hydrogen) atoms. The molecule has 0 spiro atoms. The van der Waals surface area contributed by atoms with Gasteiger partial charge in [-0.1, -0.05) is 6.92 Å². The third-order valence-electron chi connectivity index (χ3n) is 3.55. The molecule has 0 fully saturated rings. The summed E-state index contributed by atoms with van der Waals surface area (Å²) < 4.78 is 30.3. The summed E-state index contributed by atoms with van der Waals surface area (Å²) >= 11 is 0. The smallest absolute Gasteiger partial charge is 0.264 e. The van der Waals surface area contributed by atoms with Crippen molar-refractivity contribution >= 4 is 11.0 Å². The summed E-state index contributed by atoms with van der Waals surface area (Å²) in [7, 11) is 1.78. The normalized spacial score (nSPS) is 11.7. The van der Waals surface area contributed by atoms with Crippen molar-refractivity contribution < 1.29 is 8.78 Å². The van der Waals surface area contributed by atoms with Gasteiger partial charge in [0.1, 0.15) is 5.69 Å². The van der Waals surface area contributed by atoms with Crippen molar-refractivity contribution in [1.82, 2.24) is 24.5 Å². The zero-order valence-electron chi connectivity index (χ0n) is 12.7. The molecule has 0 bridgehead atoms. The van der Waals surface area contributed by atoms with Gasteiger partial charge in [-0.15, -0.1) is 0 Å². The Kier molecular flexibility index (Phi) is 3.64. The molecule has 0 aromatic carbocycles. The molecule has 0 saturated heterocycles. The maximum atomic E-state index is 13.5. The molecule has 0 aliphatic rings. The van der Waals surface area contributed by atoms with Gasteiger partial charge in [0.2, 0.25) is 0 Å². The first-order valence-corrected chi connectivity index (χ1v) is 7.17. The van der Waals surface area contributed by atoms with E-state index in [1.165, 1.54) is 6.07 Å². The number of pyridine rings is 1. The Morgan fingerprint density at radius 1 is 1.23 bits per heavy atom. The Labute approximate surface area is 126 Å². The van der Waals surface area contributed by atoms with Crippen LogP contribution in [0.1, 0.15) is 31.0 Å². The van der Waals surface area contributed by atoms with Crippen LogP contribution in [0.4, 0.5) is 8.78 Å². The highest BCUT2D eigenvalue weighted by Gasteiger charge is 2.21. The number of alkyl halides is 2. The number of halogens is 2. The van der Waals surface area contributed by atoms with Crippen LogP contribution < -0.4 is 0 Å². The predicted octanol–water partition coefficient (Wildman–Crippen LogP) is 3.49. The molecule has 0 N–H and O–H groups in total. The lowest BCUT2D eigenvalue weighted by Gasteiger charge is -2.07. The van der Waals surface area contributed by atoms with E-state index in [2.05, 4.69) is 15.2 Å². The Balaban J connectivity index is 2.29. The lowest BCUT2D eigenvalue weighted by Crippen LogP contribution is -2.02. The van der Waals surface area contributed by atoms with Gasteiger partial charge >= 0.3 is 0 Å². The predicted molar refractivity (Wildman–Crippen MR) is 79.7 cm³/mol. The molecule has 0 unspecified atom stereocenters. The molecule has 116 valence electrons. The third kappa shape index (κ3) is 2.36. The SMILES string of the molecule is CCCn1nc(C)c2c(C(F)F)cc(-c3ccn(C)n3)nc21. The van der Waals surface area contributed by atoms with Crippen molar-refractivity contribution in [2.24, 2.45) is 7.05 Å². The van der Waals surface area contributed by atoms with E-state index >= 15 is 0 Å². The highest BCUT2D eigenvalue weighted by Crippen LogP contribution is 2.32. The molecule has 3 rings (SSSR count). The lowest BCUT2D eigenvalue weighted by atomic mass is 10.1. The van der Waals surface area contributed by atoms with E-state index < -0.39 is 6.43 Å². The van der Waals surface area contributed by atoms with E-state index in [0.29, 0.717) is 34.7 Å². The number of hydrogen-bond donors (Lipinski definition) is 0. The van der Waals surface area contributed by atoms with Crippen LogP contribution >= 0.6 is 0 Å². The summed E-state index contributed by atoms with van der Waals surface area (Å²) in [6.45, 7) is 4.40.